The number of hydrogen-bond acceptors (Lipinski definition) is 2. The predicted octanol–water partition coefficient (Wildman–Crippen LogP) is 3.00. The van der Waals surface area contributed by atoms with Gasteiger partial charge in [-0.1, -0.05) is 24.3 Å². The molecular formula is C13H12N2O. The van der Waals surface area contributed by atoms with Crippen molar-refractivity contribution >= 4 is 23.5 Å². The third kappa shape index (κ3) is 2.60. The number of rotatable bonds is 4. The summed E-state index contributed by atoms with van der Waals surface area (Å²) < 4.78 is 0. The summed E-state index contributed by atoms with van der Waals surface area (Å²) in [5, 5.41) is 5.86. The molecule has 80 valence electrons. The number of nitrogens with one attached hydrogen (secondary N) is 2. The first-order valence-corrected chi connectivity index (χ1v) is 5.01. The summed E-state index contributed by atoms with van der Waals surface area (Å²) in [6, 6.07) is 17.4. The van der Waals surface area contributed by atoms with Crippen LogP contribution >= 0.6 is 0 Å². The van der Waals surface area contributed by atoms with Crippen molar-refractivity contribution < 1.29 is 4.79 Å². The molecule has 0 unspecified atom stereocenters. The van der Waals surface area contributed by atoms with Gasteiger partial charge in [-0.25, -0.2) is 0 Å². The molecule has 0 bridgehead atoms. The zero-order chi connectivity index (χ0) is 11.2. The molecule has 0 saturated heterocycles. The average molecular weight is 212 g/mol. The molecule has 0 radical (unpaired) electrons. The van der Waals surface area contributed by atoms with E-state index in [1.165, 1.54) is 0 Å². The van der Waals surface area contributed by atoms with E-state index in [4.69, 9.17) is 0 Å². The summed E-state index contributed by atoms with van der Waals surface area (Å²) >= 11 is 0. The van der Waals surface area contributed by atoms with Crippen LogP contribution in [0.15, 0.2) is 54.6 Å². The van der Waals surface area contributed by atoms with Crippen LogP contribution in [0, 0.1) is 0 Å². The van der Waals surface area contributed by atoms with Crippen molar-refractivity contribution in [2.75, 3.05) is 10.6 Å². The van der Waals surface area contributed by atoms with Crippen molar-refractivity contribution in [1.29, 1.82) is 0 Å². The second-order valence-electron chi connectivity index (χ2n) is 3.33. The van der Waals surface area contributed by atoms with Gasteiger partial charge in [-0.15, -0.1) is 0 Å². The van der Waals surface area contributed by atoms with Crippen LogP contribution < -0.4 is 10.6 Å². The highest BCUT2D eigenvalue weighted by Gasteiger charge is 1.95. The minimum Gasteiger partial charge on any atom is -0.355 e. The lowest BCUT2D eigenvalue weighted by molar-refractivity contribution is -0.105. The fourth-order valence-corrected chi connectivity index (χ4v) is 1.44. The summed E-state index contributed by atoms with van der Waals surface area (Å²) in [6.07, 6.45) is 0.668. The zero-order valence-corrected chi connectivity index (χ0v) is 8.68. The Kier molecular flexibility index (Phi) is 3.18. The van der Waals surface area contributed by atoms with E-state index in [-0.39, 0.29) is 0 Å². The number of para-hydroxylation sites is 1. The zero-order valence-electron chi connectivity index (χ0n) is 8.68. The molecule has 0 aromatic heterocycles. The molecule has 0 aliphatic carbocycles. The lowest BCUT2D eigenvalue weighted by atomic mass is 10.2. The van der Waals surface area contributed by atoms with Gasteiger partial charge in [-0.05, 0) is 30.3 Å². The molecule has 0 saturated carbocycles. The van der Waals surface area contributed by atoms with Gasteiger partial charge in [-0.3, -0.25) is 4.79 Å². The van der Waals surface area contributed by atoms with E-state index < -0.39 is 0 Å². The minimum atomic E-state index is 0.668. The van der Waals surface area contributed by atoms with Crippen molar-refractivity contribution in [2.24, 2.45) is 0 Å². The Morgan fingerprint density at radius 2 is 1.50 bits per heavy atom. The summed E-state index contributed by atoms with van der Waals surface area (Å²) in [5.74, 6) is 0. The van der Waals surface area contributed by atoms with E-state index >= 15 is 0 Å². The lowest BCUT2D eigenvalue weighted by Crippen LogP contribution is -1.95. The predicted molar refractivity (Wildman–Crippen MR) is 65.9 cm³/mol. The Labute approximate surface area is 94.1 Å². The van der Waals surface area contributed by atoms with Crippen molar-refractivity contribution in [3.63, 3.8) is 0 Å². The normalized spacial score (nSPS) is 9.50. The van der Waals surface area contributed by atoms with Crippen LogP contribution in [0.25, 0.3) is 0 Å². The number of carbonyl (C=O) groups excluding carboxylic acids is 1. The van der Waals surface area contributed by atoms with Gasteiger partial charge in [0, 0.05) is 17.1 Å². The van der Waals surface area contributed by atoms with Crippen molar-refractivity contribution in [1.82, 2.24) is 0 Å². The number of amides is 1. The third-order valence-corrected chi connectivity index (χ3v) is 2.15. The molecule has 3 heteroatoms. The maximum absolute atomic E-state index is 10.3. The van der Waals surface area contributed by atoms with Crippen LogP contribution in [-0.4, -0.2) is 6.41 Å². The van der Waals surface area contributed by atoms with Crippen LogP contribution in [-0.2, 0) is 4.79 Å². The highest BCUT2D eigenvalue weighted by Crippen LogP contribution is 2.19. The van der Waals surface area contributed by atoms with Crippen molar-refractivity contribution in [3.8, 4) is 0 Å². The summed E-state index contributed by atoms with van der Waals surface area (Å²) in [7, 11) is 0. The van der Waals surface area contributed by atoms with Crippen LogP contribution in [0.2, 0.25) is 0 Å². The molecule has 0 atom stereocenters. The maximum atomic E-state index is 10.3. The van der Waals surface area contributed by atoms with Crippen molar-refractivity contribution in [2.45, 2.75) is 0 Å². The number of anilines is 3. The number of hydrogen-bond donors (Lipinski definition) is 2. The molecular weight excluding hydrogens is 200 g/mol. The SMILES string of the molecule is O=CNc1cccc(Nc2ccccc2)c1. The van der Waals surface area contributed by atoms with E-state index in [0.717, 1.165) is 17.1 Å². The highest BCUT2D eigenvalue weighted by atomic mass is 16.1. The smallest absolute Gasteiger partial charge is 0.211 e. The van der Waals surface area contributed by atoms with Crippen LogP contribution in [0.3, 0.4) is 0 Å². The Bertz CT molecular complexity index is 468. The average Bonchev–Trinajstić information content (AvgIpc) is 2.31. The Hall–Kier alpha value is -2.29. The number of carbonyl (C=O) groups is 1. The Morgan fingerprint density at radius 3 is 2.25 bits per heavy atom. The van der Waals surface area contributed by atoms with Gasteiger partial charge in [-0.2, -0.15) is 0 Å². The minimum absolute atomic E-state index is 0.668. The van der Waals surface area contributed by atoms with Gasteiger partial charge in [0.15, 0.2) is 0 Å². The quantitative estimate of drug-likeness (QED) is 0.765. The second kappa shape index (κ2) is 4.98. The maximum Gasteiger partial charge on any atom is 0.211 e. The first-order valence-electron chi connectivity index (χ1n) is 5.01. The molecule has 0 aliphatic rings. The van der Waals surface area contributed by atoms with E-state index in [9.17, 15) is 4.79 Å². The van der Waals surface area contributed by atoms with Gasteiger partial charge >= 0.3 is 0 Å². The van der Waals surface area contributed by atoms with Gasteiger partial charge in [0.2, 0.25) is 6.41 Å². The van der Waals surface area contributed by atoms with Gasteiger partial charge in [0.05, 0.1) is 0 Å². The molecule has 1 amide bonds. The van der Waals surface area contributed by atoms with Crippen LogP contribution in [0.5, 0.6) is 0 Å². The van der Waals surface area contributed by atoms with Crippen LogP contribution in [0.1, 0.15) is 0 Å². The molecule has 3 nitrogen and oxygen atoms in total. The van der Waals surface area contributed by atoms with Gasteiger partial charge in [0.1, 0.15) is 0 Å². The number of benzene rings is 2. The topological polar surface area (TPSA) is 41.1 Å². The first kappa shape index (κ1) is 10.2. The van der Waals surface area contributed by atoms with E-state index in [1.807, 2.05) is 54.6 Å². The van der Waals surface area contributed by atoms with E-state index in [1.54, 1.807) is 0 Å². The standard InChI is InChI=1S/C13H12N2O/c16-10-14-12-7-4-8-13(9-12)15-11-5-2-1-3-6-11/h1-10,15H,(H,14,16). The molecule has 0 fully saturated rings. The molecule has 2 N–H and O–H groups in total. The largest absolute Gasteiger partial charge is 0.355 e. The van der Waals surface area contributed by atoms with Crippen molar-refractivity contribution in [3.05, 3.63) is 54.6 Å². The summed E-state index contributed by atoms with van der Waals surface area (Å²) in [4.78, 5) is 10.3. The molecule has 0 spiro atoms. The fourth-order valence-electron chi connectivity index (χ4n) is 1.44. The highest BCUT2D eigenvalue weighted by molar-refractivity contribution is 5.74. The summed E-state index contributed by atoms with van der Waals surface area (Å²) in [6.45, 7) is 0. The summed E-state index contributed by atoms with van der Waals surface area (Å²) in [5.41, 5.74) is 2.74. The molecule has 16 heavy (non-hydrogen) atoms. The second-order valence-corrected chi connectivity index (χ2v) is 3.33. The van der Waals surface area contributed by atoms with Crippen LogP contribution in [0.4, 0.5) is 17.1 Å². The first-order chi connectivity index (χ1) is 7.88. The molecule has 2 aromatic carbocycles. The molecule has 0 aliphatic heterocycles. The van der Waals surface area contributed by atoms with Gasteiger partial charge < -0.3 is 10.6 Å². The Morgan fingerprint density at radius 1 is 0.812 bits per heavy atom. The van der Waals surface area contributed by atoms with Gasteiger partial charge in [0.25, 0.3) is 0 Å². The molecule has 2 aromatic rings. The third-order valence-electron chi connectivity index (χ3n) is 2.15. The molecule has 0 heterocycles. The monoisotopic (exact) mass is 212 g/mol. The van der Waals surface area contributed by atoms with E-state index in [0.29, 0.717) is 6.41 Å². The Balaban J connectivity index is 2.15. The van der Waals surface area contributed by atoms with E-state index in [2.05, 4.69) is 10.6 Å². The fraction of sp³-hybridized carbons (Fsp3) is 0. The molecule has 2 rings (SSSR count). The lowest BCUT2D eigenvalue weighted by Gasteiger charge is -2.07.